The molecule has 2 heterocycles. The number of halogens is 5. The van der Waals surface area contributed by atoms with Crippen LogP contribution < -0.4 is 10.0 Å². The molecule has 8 nitrogen and oxygen atoms in total. The van der Waals surface area contributed by atoms with E-state index in [0.717, 1.165) is 42.1 Å². The van der Waals surface area contributed by atoms with E-state index in [-0.39, 0.29) is 23.0 Å². The number of amides is 1. The molecule has 198 valence electrons. The Balaban J connectivity index is 1.79. The predicted octanol–water partition coefficient (Wildman–Crippen LogP) is 4.81. The van der Waals surface area contributed by atoms with Gasteiger partial charge in [0.1, 0.15) is 21.0 Å². The zero-order valence-corrected chi connectivity index (χ0v) is 20.5. The van der Waals surface area contributed by atoms with E-state index < -0.39 is 63.2 Å². The topological polar surface area (TPSA) is 112 Å². The molecule has 2 fully saturated rings. The average Bonchev–Trinajstić information content (AvgIpc) is 3.34. The van der Waals surface area contributed by atoms with Crippen LogP contribution in [0.3, 0.4) is 0 Å². The van der Waals surface area contributed by atoms with Gasteiger partial charge in [-0.15, -0.1) is 0 Å². The Labute approximate surface area is 204 Å². The third-order valence-corrected chi connectivity index (χ3v) is 7.78. The number of hydrogen-bond donors (Lipinski definition) is 3. The van der Waals surface area contributed by atoms with Crippen molar-refractivity contribution in [2.75, 3.05) is 11.6 Å². The van der Waals surface area contributed by atoms with Gasteiger partial charge >= 0.3 is 11.2 Å². The number of nitrogens with one attached hydrogen (secondary N) is 2. The van der Waals surface area contributed by atoms with Gasteiger partial charge in [-0.3, -0.25) is 14.7 Å². The van der Waals surface area contributed by atoms with Crippen LogP contribution in [0.1, 0.15) is 73.1 Å². The van der Waals surface area contributed by atoms with Crippen molar-refractivity contribution in [1.82, 2.24) is 9.78 Å². The lowest BCUT2D eigenvalue weighted by Crippen LogP contribution is -2.47. The highest BCUT2D eigenvalue weighted by Crippen LogP contribution is 2.53. The van der Waals surface area contributed by atoms with Gasteiger partial charge in [0.15, 0.2) is 0 Å². The monoisotopic (exact) mass is 536 g/mol. The largest absolute Gasteiger partial charge is 0.420 e. The first-order valence-corrected chi connectivity index (χ1v) is 13.3. The maximum Gasteiger partial charge on any atom is 0.420 e. The molecule has 0 aromatic carbocycles. The second-order valence-corrected chi connectivity index (χ2v) is 12.3. The first-order valence-electron chi connectivity index (χ1n) is 11.3. The molecule has 1 atom stereocenters. The van der Waals surface area contributed by atoms with Gasteiger partial charge in [-0.2, -0.15) is 18.3 Å². The second-order valence-electron chi connectivity index (χ2n) is 10.2. The molecule has 2 aromatic rings. The van der Waals surface area contributed by atoms with Crippen molar-refractivity contribution in [3.63, 3.8) is 0 Å². The summed E-state index contributed by atoms with van der Waals surface area (Å²) < 4.78 is 91.4. The van der Waals surface area contributed by atoms with Crippen LogP contribution in [-0.2, 0) is 22.5 Å². The summed E-state index contributed by atoms with van der Waals surface area (Å²) >= 11 is 0. The average molecular weight is 537 g/mol. The van der Waals surface area contributed by atoms with Gasteiger partial charge in [-0.05, 0) is 18.3 Å². The van der Waals surface area contributed by atoms with Gasteiger partial charge in [0, 0.05) is 48.4 Å². The minimum atomic E-state index is -4.93. The first-order chi connectivity index (χ1) is 16.5. The van der Waals surface area contributed by atoms with Gasteiger partial charge in [0.05, 0.1) is 11.4 Å². The molecule has 0 spiro atoms. The number of pyridine rings is 1. The van der Waals surface area contributed by atoms with E-state index in [4.69, 9.17) is 4.78 Å². The molecule has 4 rings (SSSR count). The third-order valence-electron chi connectivity index (χ3n) is 6.68. The Morgan fingerprint density at radius 3 is 2.47 bits per heavy atom. The Morgan fingerprint density at radius 1 is 1.33 bits per heavy atom. The number of alkyl halides is 5. The van der Waals surface area contributed by atoms with Crippen molar-refractivity contribution < 1.29 is 40.9 Å². The highest BCUT2D eigenvalue weighted by atomic mass is 32.2. The van der Waals surface area contributed by atoms with Crippen LogP contribution in [0.2, 0.25) is 0 Å². The van der Waals surface area contributed by atoms with Crippen molar-refractivity contribution in [3.8, 4) is 0 Å². The number of aromatic nitrogens is 3. The van der Waals surface area contributed by atoms with E-state index in [2.05, 4.69) is 10.4 Å². The van der Waals surface area contributed by atoms with E-state index in [0.29, 0.717) is 17.6 Å². The number of anilines is 1. The number of nitrogens with zero attached hydrogens (tertiary/aromatic N) is 3. The van der Waals surface area contributed by atoms with Crippen LogP contribution in [0.4, 0.5) is 27.6 Å². The van der Waals surface area contributed by atoms with Gasteiger partial charge in [0.2, 0.25) is 12.1 Å². The number of rotatable bonds is 6. The lowest BCUT2D eigenvalue weighted by Gasteiger charge is -2.44. The van der Waals surface area contributed by atoms with E-state index in [9.17, 15) is 36.2 Å². The fraction of sp³-hybridized carbons (Fsp3) is 0.591. The second kappa shape index (κ2) is 8.67. The molecular formula is C22H27F5N5O3S+. The van der Waals surface area contributed by atoms with Crippen LogP contribution in [0, 0.1) is 10.2 Å². The Kier molecular flexibility index (Phi) is 6.33. The standard InChI is InChI=1S/C22H26F5N5O3S/c1-20(10-21(23,24)11-20)12-31-18(16(22(25,26)27)17(30-31)13-5-3-4-6-13)19(33)29-14-7-8-32(34)15(9-14)36(2,28)35/h7-9,13,28,34H,3-6,10-12H2,1-2H3/p+1. The van der Waals surface area contributed by atoms with Crippen LogP contribution in [0.15, 0.2) is 23.4 Å². The first kappa shape index (κ1) is 26.3. The van der Waals surface area contributed by atoms with Crippen molar-refractivity contribution in [2.24, 2.45) is 5.41 Å². The summed E-state index contributed by atoms with van der Waals surface area (Å²) in [5.74, 6) is -4.60. The quantitative estimate of drug-likeness (QED) is 0.280. The molecule has 1 amide bonds. The minimum Gasteiger partial charge on any atom is -0.320 e. The Hall–Kier alpha value is -2.77. The van der Waals surface area contributed by atoms with Crippen LogP contribution in [-0.4, -0.2) is 37.3 Å². The number of carbonyl (C=O) groups is 1. The van der Waals surface area contributed by atoms with Crippen molar-refractivity contribution in [1.29, 1.82) is 4.78 Å². The predicted molar refractivity (Wildman–Crippen MR) is 118 cm³/mol. The summed E-state index contributed by atoms with van der Waals surface area (Å²) in [4.78, 5) is 13.3. The van der Waals surface area contributed by atoms with E-state index in [1.807, 2.05) is 0 Å². The lowest BCUT2D eigenvalue weighted by atomic mass is 9.67. The molecule has 0 saturated heterocycles. The fourth-order valence-corrected chi connectivity index (χ4v) is 6.06. The Bertz CT molecular complexity index is 1290. The summed E-state index contributed by atoms with van der Waals surface area (Å²) in [5, 5.41) is 15.9. The summed E-state index contributed by atoms with van der Waals surface area (Å²) in [5.41, 5.74) is -3.38. The highest BCUT2D eigenvalue weighted by molar-refractivity contribution is 7.91. The maximum atomic E-state index is 14.3. The zero-order chi connectivity index (χ0) is 26.7. The summed E-state index contributed by atoms with van der Waals surface area (Å²) in [6, 6.07) is 2.18. The number of hydrogen-bond acceptors (Lipinski definition) is 5. The smallest absolute Gasteiger partial charge is 0.320 e. The summed E-state index contributed by atoms with van der Waals surface area (Å²) in [6.07, 6.45) is -1.58. The normalized spacial score (nSPS) is 21.1. The molecular weight excluding hydrogens is 509 g/mol. The molecule has 14 heteroatoms. The minimum absolute atomic E-state index is 0.105. The van der Waals surface area contributed by atoms with Crippen LogP contribution in [0.5, 0.6) is 0 Å². The van der Waals surface area contributed by atoms with Gasteiger partial charge in [-0.1, -0.05) is 19.8 Å². The Morgan fingerprint density at radius 2 is 1.94 bits per heavy atom. The summed E-state index contributed by atoms with van der Waals surface area (Å²) in [6.45, 7) is 1.22. The van der Waals surface area contributed by atoms with Gasteiger partial charge < -0.3 is 5.32 Å². The molecule has 0 aliphatic heterocycles. The molecule has 2 aliphatic rings. The molecule has 3 N–H and O–H groups in total. The molecule has 0 bridgehead atoms. The van der Waals surface area contributed by atoms with Gasteiger partial charge in [-0.25, -0.2) is 17.8 Å². The molecule has 2 aromatic heterocycles. The van der Waals surface area contributed by atoms with Crippen LogP contribution in [0.25, 0.3) is 0 Å². The van der Waals surface area contributed by atoms with Crippen molar-refractivity contribution in [2.45, 2.75) is 75.0 Å². The summed E-state index contributed by atoms with van der Waals surface area (Å²) in [7, 11) is -3.44. The molecule has 0 radical (unpaired) electrons. The number of carbonyl (C=O) groups excluding carboxylic acids is 1. The SMILES string of the molecule is CC1(Cn2nc(C3CCCC3)c(C(F)(F)F)c2C(=O)Nc2cc[n+](O)c(S(C)(=N)=O)c2)CC(F)(F)C1. The van der Waals surface area contributed by atoms with Gasteiger partial charge in [0.25, 0.3) is 5.91 Å². The molecule has 2 aliphatic carbocycles. The molecule has 36 heavy (non-hydrogen) atoms. The maximum absolute atomic E-state index is 14.3. The van der Waals surface area contributed by atoms with E-state index in [1.54, 1.807) is 0 Å². The zero-order valence-electron chi connectivity index (χ0n) is 19.7. The van der Waals surface area contributed by atoms with Crippen molar-refractivity contribution >= 4 is 21.3 Å². The third kappa shape index (κ3) is 5.18. The lowest BCUT2D eigenvalue weighted by molar-refractivity contribution is -0.932. The van der Waals surface area contributed by atoms with E-state index in [1.165, 1.54) is 6.92 Å². The molecule has 2 saturated carbocycles. The van der Waals surface area contributed by atoms with Crippen molar-refractivity contribution in [3.05, 3.63) is 35.3 Å². The van der Waals surface area contributed by atoms with Crippen LogP contribution >= 0.6 is 0 Å². The molecule has 1 unspecified atom stereocenters. The van der Waals surface area contributed by atoms with E-state index >= 15 is 0 Å². The highest BCUT2D eigenvalue weighted by Gasteiger charge is 2.54. The fourth-order valence-electron chi connectivity index (χ4n) is 5.29.